The maximum atomic E-state index is 12.8. The van der Waals surface area contributed by atoms with Crippen LogP contribution < -0.4 is 4.89 Å². The van der Waals surface area contributed by atoms with Crippen molar-refractivity contribution in [3.63, 3.8) is 0 Å². The zero-order valence-corrected chi connectivity index (χ0v) is 49.3. The number of rotatable bonds is 53. The molecule has 0 saturated heterocycles. The number of phosphoric acid groups is 1. The van der Waals surface area contributed by atoms with E-state index in [0.717, 1.165) is 109 Å². The monoisotopic (exact) mass is 1060 g/mol. The van der Waals surface area contributed by atoms with Crippen LogP contribution in [0.5, 0.6) is 0 Å². The summed E-state index contributed by atoms with van der Waals surface area (Å²) in [5.41, 5.74) is 0. The largest absolute Gasteiger partial charge is 0.756 e. The number of esters is 2. The van der Waals surface area contributed by atoms with E-state index in [2.05, 4.69) is 135 Å². The minimum absolute atomic E-state index is 0.0368. The number of unbranched alkanes of at least 4 members (excludes halogenated alkanes) is 19. The smallest absolute Gasteiger partial charge is 0.306 e. The highest BCUT2D eigenvalue weighted by Gasteiger charge is 2.21. The molecule has 0 aliphatic carbocycles. The Labute approximate surface area is 460 Å². The molecule has 0 rings (SSSR count). The molecule has 0 heterocycles. The van der Waals surface area contributed by atoms with Gasteiger partial charge in [-0.05, 0) is 89.9 Å². The molecule has 0 N–H and O–H groups in total. The van der Waals surface area contributed by atoms with Crippen molar-refractivity contribution in [2.45, 2.75) is 232 Å². The summed E-state index contributed by atoms with van der Waals surface area (Å²) in [6.07, 6.45) is 78.3. The van der Waals surface area contributed by atoms with Crippen LogP contribution in [0.1, 0.15) is 226 Å². The average molecular weight is 1060 g/mol. The molecular weight excluding hydrogens is 954 g/mol. The summed E-state index contributed by atoms with van der Waals surface area (Å²) in [6, 6.07) is 0. The van der Waals surface area contributed by atoms with E-state index in [4.69, 9.17) is 18.5 Å². The second-order valence-electron chi connectivity index (χ2n) is 20.6. The molecule has 0 aromatic rings. The van der Waals surface area contributed by atoms with Gasteiger partial charge >= 0.3 is 11.9 Å². The van der Waals surface area contributed by atoms with Crippen molar-refractivity contribution in [2.75, 3.05) is 47.5 Å². The zero-order chi connectivity index (χ0) is 54.9. The number of nitrogens with zero attached hydrogens (tertiary/aromatic N) is 1. The highest BCUT2D eigenvalue weighted by atomic mass is 31.2. The molecule has 0 fully saturated rings. The molecule has 10 heteroatoms. The van der Waals surface area contributed by atoms with Crippen LogP contribution in [0.25, 0.3) is 0 Å². The predicted molar refractivity (Wildman–Crippen MR) is 318 cm³/mol. The van der Waals surface area contributed by atoms with Gasteiger partial charge in [0.15, 0.2) is 6.10 Å². The van der Waals surface area contributed by atoms with E-state index in [1.165, 1.54) is 83.5 Å². The van der Waals surface area contributed by atoms with Gasteiger partial charge in [0.2, 0.25) is 0 Å². The van der Waals surface area contributed by atoms with Crippen LogP contribution in [0.4, 0.5) is 0 Å². The molecule has 0 bridgehead atoms. The lowest BCUT2D eigenvalue weighted by atomic mass is 10.0. The Morgan fingerprint density at radius 3 is 1.13 bits per heavy atom. The van der Waals surface area contributed by atoms with E-state index < -0.39 is 26.5 Å². The van der Waals surface area contributed by atoms with Gasteiger partial charge in [-0.3, -0.25) is 14.2 Å². The fourth-order valence-electron chi connectivity index (χ4n) is 7.68. The second-order valence-corrected chi connectivity index (χ2v) is 22.0. The third-order valence-corrected chi connectivity index (χ3v) is 13.2. The van der Waals surface area contributed by atoms with Crippen molar-refractivity contribution in [3.05, 3.63) is 122 Å². The van der Waals surface area contributed by atoms with Gasteiger partial charge in [0.05, 0.1) is 27.7 Å². The van der Waals surface area contributed by atoms with E-state index in [1.807, 2.05) is 21.1 Å². The van der Waals surface area contributed by atoms with Crippen molar-refractivity contribution >= 4 is 19.8 Å². The highest BCUT2D eigenvalue weighted by Crippen LogP contribution is 2.38. The van der Waals surface area contributed by atoms with Gasteiger partial charge in [-0.2, -0.15) is 0 Å². The van der Waals surface area contributed by atoms with E-state index in [-0.39, 0.29) is 32.0 Å². The van der Waals surface area contributed by atoms with Crippen LogP contribution in [0.2, 0.25) is 0 Å². The lowest BCUT2D eigenvalue weighted by molar-refractivity contribution is -0.870. The Morgan fingerprint density at radius 2 is 0.760 bits per heavy atom. The number of hydrogen-bond donors (Lipinski definition) is 0. The fourth-order valence-corrected chi connectivity index (χ4v) is 8.41. The first-order valence-corrected chi connectivity index (χ1v) is 31.2. The van der Waals surface area contributed by atoms with Gasteiger partial charge in [0.1, 0.15) is 19.8 Å². The van der Waals surface area contributed by atoms with Crippen LogP contribution in [-0.2, 0) is 32.7 Å². The van der Waals surface area contributed by atoms with Crippen LogP contribution in [0.3, 0.4) is 0 Å². The summed E-state index contributed by atoms with van der Waals surface area (Å²) in [7, 11) is 1.15. The number of phosphoric ester groups is 1. The topological polar surface area (TPSA) is 111 Å². The van der Waals surface area contributed by atoms with Gasteiger partial charge in [-0.25, -0.2) is 0 Å². The summed E-state index contributed by atoms with van der Waals surface area (Å²) in [4.78, 5) is 37.7. The van der Waals surface area contributed by atoms with Crippen LogP contribution in [-0.4, -0.2) is 70.0 Å². The number of carbonyl (C=O) groups excluding carboxylic acids is 2. The normalized spacial score (nSPS) is 14.2. The third kappa shape index (κ3) is 59.5. The van der Waals surface area contributed by atoms with Crippen molar-refractivity contribution in [2.24, 2.45) is 0 Å². The molecule has 0 aromatic carbocycles. The second kappa shape index (κ2) is 55.2. The molecule has 0 spiro atoms. The maximum Gasteiger partial charge on any atom is 0.306 e. The summed E-state index contributed by atoms with van der Waals surface area (Å²) in [5.74, 6) is -0.847. The molecule has 0 aliphatic heterocycles. The van der Waals surface area contributed by atoms with Gasteiger partial charge in [-0.15, -0.1) is 0 Å². The molecular formula is C65H110NO8P. The van der Waals surface area contributed by atoms with Gasteiger partial charge in [0, 0.05) is 12.8 Å². The molecule has 0 radical (unpaired) electrons. The van der Waals surface area contributed by atoms with E-state index in [1.54, 1.807) is 0 Å². The lowest BCUT2D eigenvalue weighted by Crippen LogP contribution is -2.37. The Bertz CT molecular complexity index is 1680. The molecule has 75 heavy (non-hydrogen) atoms. The first kappa shape index (κ1) is 71.4. The van der Waals surface area contributed by atoms with Crippen molar-refractivity contribution < 1.29 is 42.1 Å². The summed E-state index contributed by atoms with van der Waals surface area (Å²) < 4.78 is 34.1. The van der Waals surface area contributed by atoms with Crippen LogP contribution in [0, 0.1) is 0 Å². The number of likely N-dealkylation sites (N-methyl/N-ethyl adjacent to an activating group) is 1. The molecule has 0 aliphatic rings. The van der Waals surface area contributed by atoms with E-state index in [0.29, 0.717) is 17.4 Å². The minimum Gasteiger partial charge on any atom is -0.756 e. The molecule has 0 amide bonds. The van der Waals surface area contributed by atoms with Crippen LogP contribution >= 0.6 is 7.82 Å². The standard InChI is InChI=1S/C65H110NO8P/c1-6-8-10-12-14-16-18-20-21-22-23-24-25-26-27-28-29-30-31-32-33-34-35-36-37-38-39-40-41-42-43-44-45-46-48-50-52-54-56-58-65(68)74-63(62-73-75(69,70)72-60-59-66(3,4)5)61-71-64(67)57-55-53-51-49-47-19-17-15-13-11-9-7-2/h8,10,14,16,20-21,23-24,26-27,29-30,32-33,35-36,38-39,41-42,63H,6-7,9,11-13,15,17-19,22,25,28,31,34,37,40,43-62H2,1-5H3/b10-8-,16-14-,21-20-,24-23-,27-26-,30-29-,33-32-,36-35-,39-38-,42-41-. The SMILES string of the molecule is CC/C=C\C/C=C\C/C=C\C/C=C\C/C=C\C/C=C\C/C=C\C/C=C\C/C=C\C/C=C\CCCCCCCCCCC(=O)OC(COC(=O)CCCCCCCCCCCCCC)COP(=O)([O-])OCC[N+](C)(C)C. The Balaban J connectivity index is 4.10. The minimum atomic E-state index is -4.64. The number of ether oxygens (including phenoxy) is 2. The van der Waals surface area contributed by atoms with E-state index in [9.17, 15) is 19.0 Å². The zero-order valence-electron chi connectivity index (χ0n) is 48.4. The van der Waals surface area contributed by atoms with Gasteiger partial charge < -0.3 is 27.9 Å². The molecule has 428 valence electrons. The number of quaternary nitrogens is 1. The Morgan fingerprint density at radius 1 is 0.427 bits per heavy atom. The Hall–Kier alpha value is -3.59. The molecule has 2 atom stereocenters. The van der Waals surface area contributed by atoms with Gasteiger partial charge in [-0.1, -0.05) is 245 Å². The number of allylic oxidation sites excluding steroid dienone is 20. The van der Waals surface area contributed by atoms with Crippen molar-refractivity contribution in [1.29, 1.82) is 0 Å². The van der Waals surface area contributed by atoms with Crippen molar-refractivity contribution in [1.82, 2.24) is 0 Å². The molecule has 0 saturated carbocycles. The first-order chi connectivity index (χ1) is 36.5. The molecule has 0 aromatic heterocycles. The van der Waals surface area contributed by atoms with Crippen molar-refractivity contribution in [3.8, 4) is 0 Å². The predicted octanol–water partition coefficient (Wildman–Crippen LogP) is 18.1. The highest BCUT2D eigenvalue weighted by molar-refractivity contribution is 7.45. The summed E-state index contributed by atoms with van der Waals surface area (Å²) in [6.45, 7) is 4.10. The summed E-state index contributed by atoms with van der Waals surface area (Å²) in [5, 5.41) is 0. The molecule has 2 unspecified atom stereocenters. The van der Waals surface area contributed by atoms with Gasteiger partial charge in [0.25, 0.3) is 7.82 Å². The lowest BCUT2D eigenvalue weighted by Gasteiger charge is -2.28. The maximum absolute atomic E-state index is 12.8. The molecule has 9 nitrogen and oxygen atoms in total. The quantitative estimate of drug-likeness (QED) is 0.0195. The van der Waals surface area contributed by atoms with Crippen LogP contribution in [0.15, 0.2) is 122 Å². The average Bonchev–Trinajstić information content (AvgIpc) is 3.37. The first-order valence-electron chi connectivity index (χ1n) is 29.7. The number of carbonyl (C=O) groups is 2. The third-order valence-electron chi connectivity index (χ3n) is 12.2. The number of hydrogen-bond acceptors (Lipinski definition) is 8. The Kier molecular flexibility index (Phi) is 52.5. The fraction of sp³-hybridized carbons (Fsp3) is 0.662. The van der Waals surface area contributed by atoms with E-state index >= 15 is 0 Å². The summed E-state index contributed by atoms with van der Waals surface area (Å²) >= 11 is 0.